The molecule has 0 radical (unpaired) electrons. The quantitative estimate of drug-likeness (QED) is 0.281. The Labute approximate surface area is 206 Å². The second-order valence-electron chi connectivity index (χ2n) is 8.87. The Balaban J connectivity index is 1.77. The minimum Gasteiger partial charge on any atom is -0.352 e. The van der Waals surface area contributed by atoms with Gasteiger partial charge in [-0.2, -0.15) is 13.2 Å². The SMILES string of the molecule is Cc1ccc(Nc2cc3nc4ccccc4n(-c4ccc(C(F)(F)F)cc4)c-3c/c2=N\C(C)C)cn1. The Hall–Kier alpha value is -4.20. The van der Waals surface area contributed by atoms with E-state index in [0.717, 1.165) is 51.3 Å². The van der Waals surface area contributed by atoms with Gasteiger partial charge in [-0.25, -0.2) is 4.98 Å². The third kappa shape index (κ3) is 4.66. The van der Waals surface area contributed by atoms with Crippen molar-refractivity contribution in [3.05, 3.63) is 95.6 Å². The number of aromatic nitrogens is 3. The number of hydrogen-bond donors (Lipinski definition) is 1. The molecule has 0 bridgehead atoms. The maximum Gasteiger partial charge on any atom is 0.416 e. The van der Waals surface area contributed by atoms with Crippen LogP contribution in [0.3, 0.4) is 0 Å². The van der Waals surface area contributed by atoms with E-state index in [-0.39, 0.29) is 6.04 Å². The number of para-hydroxylation sites is 2. The van der Waals surface area contributed by atoms with Crippen molar-refractivity contribution in [2.45, 2.75) is 33.0 Å². The molecule has 2 aliphatic rings. The summed E-state index contributed by atoms with van der Waals surface area (Å²) >= 11 is 0. The van der Waals surface area contributed by atoms with Crippen LogP contribution in [0, 0.1) is 6.92 Å². The summed E-state index contributed by atoms with van der Waals surface area (Å²) in [5, 5.41) is 4.12. The van der Waals surface area contributed by atoms with Crippen molar-refractivity contribution in [3.63, 3.8) is 0 Å². The molecule has 1 aromatic heterocycles. The molecule has 0 saturated carbocycles. The summed E-state index contributed by atoms with van der Waals surface area (Å²) in [5.74, 6) is 0. The average molecular weight is 488 g/mol. The number of hydrogen-bond acceptors (Lipinski definition) is 4. The highest BCUT2D eigenvalue weighted by Gasteiger charge is 2.30. The third-order valence-corrected chi connectivity index (χ3v) is 5.74. The average Bonchev–Trinajstić information content (AvgIpc) is 2.84. The lowest BCUT2D eigenvalue weighted by Gasteiger charge is -2.21. The van der Waals surface area contributed by atoms with Gasteiger partial charge in [0.15, 0.2) is 0 Å². The van der Waals surface area contributed by atoms with Crippen molar-refractivity contribution in [2.75, 3.05) is 5.32 Å². The lowest BCUT2D eigenvalue weighted by molar-refractivity contribution is -0.137. The van der Waals surface area contributed by atoms with Crippen molar-refractivity contribution in [3.8, 4) is 17.1 Å². The van der Waals surface area contributed by atoms with Crippen LogP contribution in [0.2, 0.25) is 0 Å². The lowest BCUT2D eigenvalue weighted by Crippen LogP contribution is -2.16. The largest absolute Gasteiger partial charge is 0.416 e. The first-order valence-electron chi connectivity index (χ1n) is 11.6. The molecular weight excluding hydrogens is 463 g/mol. The van der Waals surface area contributed by atoms with Crippen LogP contribution >= 0.6 is 0 Å². The maximum atomic E-state index is 13.2. The Kier molecular flexibility index (Phi) is 5.96. The summed E-state index contributed by atoms with van der Waals surface area (Å²) in [6.45, 7) is 5.91. The normalized spacial score (nSPS) is 12.6. The number of anilines is 2. The number of nitrogens with one attached hydrogen (secondary N) is 1. The van der Waals surface area contributed by atoms with E-state index in [1.807, 2.05) is 73.9 Å². The van der Waals surface area contributed by atoms with Gasteiger partial charge in [-0.1, -0.05) is 12.1 Å². The van der Waals surface area contributed by atoms with Crippen molar-refractivity contribution < 1.29 is 13.2 Å². The van der Waals surface area contributed by atoms with Crippen LogP contribution in [0.1, 0.15) is 25.1 Å². The van der Waals surface area contributed by atoms with Crippen LogP contribution < -0.4 is 10.7 Å². The van der Waals surface area contributed by atoms with E-state index >= 15 is 0 Å². The number of aryl methyl sites for hydroxylation is 1. The smallest absolute Gasteiger partial charge is 0.352 e. The van der Waals surface area contributed by atoms with Gasteiger partial charge in [-0.15, -0.1) is 0 Å². The standard InChI is InChI=1S/C28H24F3N5/c1-17(2)33-24-15-27-25(14-23(24)34-20-11-8-18(3)32-16-20)35-22-6-4-5-7-26(22)36(27)21-12-9-19(10-13-21)28(29,30)31/h4-17,34H,1-3H3/b33-24+. The van der Waals surface area contributed by atoms with Crippen LogP contribution in [0.15, 0.2) is 84.0 Å². The van der Waals surface area contributed by atoms with Crippen molar-refractivity contribution in [1.29, 1.82) is 0 Å². The molecule has 0 saturated heterocycles. The molecule has 1 N–H and O–H groups in total. The molecule has 3 aromatic rings. The van der Waals surface area contributed by atoms with Gasteiger partial charge in [0.2, 0.25) is 0 Å². The maximum absolute atomic E-state index is 13.2. The van der Waals surface area contributed by atoms with Gasteiger partial charge < -0.3 is 9.88 Å². The van der Waals surface area contributed by atoms with E-state index in [1.54, 1.807) is 6.20 Å². The van der Waals surface area contributed by atoms with Crippen molar-refractivity contribution in [2.24, 2.45) is 4.99 Å². The van der Waals surface area contributed by atoms with Gasteiger partial charge in [0.05, 0.1) is 50.9 Å². The first-order valence-corrected chi connectivity index (χ1v) is 11.6. The Bertz CT molecular complexity index is 1570. The first-order chi connectivity index (χ1) is 17.2. The molecular formula is C28H24F3N5. The van der Waals surface area contributed by atoms with E-state index < -0.39 is 11.7 Å². The van der Waals surface area contributed by atoms with Crippen LogP contribution in [0.4, 0.5) is 24.5 Å². The number of rotatable bonds is 4. The number of pyridine rings is 1. The molecule has 8 heteroatoms. The van der Waals surface area contributed by atoms with E-state index in [9.17, 15) is 13.2 Å². The number of fused-ring (bicyclic) bond motifs is 2. The predicted octanol–water partition coefficient (Wildman–Crippen LogP) is 6.91. The number of benzene rings is 3. The molecule has 182 valence electrons. The fourth-order valence-corrected chi connectivity index (χ4v) is 4.10. The number of nitrogens with zero attached hydrogens (tertiary/aromatic N) is 4. The third-order valence-electron chi connectivity index (χ3n) is 5.74. The van der Waals surface area contributed by atoms with E-state index in [4.69, 9.17) is 9.98 Å². The highest BCUT2D eigenvalue weighted by atomic mass is 19.4. The fourth-order valence-electron chi connectivity index (χ4n) is 4.10. The molecule has 0 atom stereocenters. The van der Waals surface area contributed by atoms with Gasteiger partial charge >= 0.3 is 6.18 Å². The van der Waals surface area contributed by atoms with Crippen LogP contribution in [0.25, 0.3) is 28.1 Å². The molecule has 0 spiro atoms. The molecule has 1 aliphatic heterocycles. The first kappa shape index (κ1) is 23.5. The second-order valence-corrected chi connectivity index (χ2v) is 8.87. The van der Waals surface area contributed by atoms with Crippen LogP contribution in [-0.2, 0) is 6.18 Å². The van der Waals surface area contributed by atoms with Gasteiger partial charge in [0.1, 0.15) is 0 Å². The van der Waals surface area contributed by atoms with E-state index in [2.05, 4.69) is 10.3 Å². The highest BCUT2D eigenvalue weighted by molar-refractivity contribution is 5.84. The van der Waals surface area contributed by atoms with Crippen LogP contribution in [0.5, 0.6) is 0 Å². The summed E-state index contributed by atoms with van der Waals surface area (Å²) in [6.07, 6.45) is -2.64. The Morgan fingerprint density at radius 2 is 1.69 bits per heavy atom. The zero-order valence-electron chi connectivity index (χ0n) is 20.0. The molecule has 0 amide bonds. The van der Waals surface area contributed by atoms with E-state index in [1.165, 1.54) is 12.1 Å². The van der Waals surface area contributed by atoms with Crippen LogP contribution in [-0.4, -0.2) is 20.6 Å². The summed E-state index contributed by atoms with van der Waals surface area (Å²) < 4.78 is 41.5. The van der Waals surface area contributed by atoms with Crippen molar-refractivity contribution >= 4 is 22.4 Å². The fraction of sp³-hybridized carbons (Fsp3) is 0.179. The number of halogens is 3. The Morgan fingerprint density at radius 1 is 0.944 bits per heavy atom. The molecule has 5 nitrogen and oxygen atoms in total. The molecule has 36 heavy (non-hydrogen) atoms. The minimum absolute atomic E-state index is 0.0204. The predicted molar refractivity (Wildman–Crippen MR) is 136 cm³/mol. The van der Waals surface area contributed by atoms with Crippen molar-refractivity contribution in [1.82, 2.24) is 14.5 Å². The van der Waals surface area contributed by atoms with Gasteiger partial charge in [0, 0.05) is 17.4 Å². The zero-order chi connectivity index (χ0) is 25.4. The highest BCUT2D eigenvalue weighted by Crippen LogP contribution is 2.33. The summed E-state index contributed by atoms with van der Waals surface area (Å²) in [5.41, 5.74) is 5.33. The van der Waals surface area contributed by atoms with E-state index in [0.29, 0.717) is 11.4 Å². The molecule has 0 fully saturated rings. The molecule has 1 aliphatic carbocycles. The summed E-state index contributed by atoms with van der Waals surface area (Å²) in [6, 6.07) is 20.5. The number of alkyl halides is 3. The summed E-state index contributed by atoms with van der Waals surface area (Å²) in [7, 11) is 0. The Morgan fingerprint density at radius 3 is 2.36 bits per heavy atom. The second kappa shape index (κ2) is 9.11. The van der Waals surface area contributed by atoms with Gasteiger partial charge in [-0.05, 0) is 81.4 Å². The van der Waals surface area contributed by atoms with Gasteiger partial charge in [0.25, 0.3) is 0 Å². The monoisotopic (exact) mass is 487 g/mol. The molecule has 2 aromatic carbocycles. The zero-order valence-corrected chi connectivity index (χ0v) is 20.0. The molecule has 5 rings (SSSR count). The van der Waals surface area contributed by atoms with Gasteiger partial charge in [-0.3, -0.25) is 9.98 Å². The minimum atomic E-state index is -4.40. The lowest BCUT2D eigenvalue weighted by atomic mass is 10.1. The summed E-state index contributed by atoms with van der Waals surface area (Å²) in [4.78, 5) is 14.0. The topological polar surface area (TPSA) is 55.1 Å². The molecule has 0 unspecified atom stereocenters. The molecule has 2 heterocycles.